The Balaban J connectivity index is 1.82. The summed E-state index contributed by atoms with van der Waals surface area (Å²) in [6.45, 7) is 2.61. The molecule has 1 aromatic rings. The van der Waals surface area contributed by atoms with E-state index in [0.29, 0.717) is 24.2 Å². The fraction of sp³-hybridized carbons (Fsp3) is 0.600. The van der Waals surface area contributed by atoms with Crippen molar-refractivity contribution in [1.29, 1.82) is 0 Å². The van der Waals surface area contributed by atoms with Crippen LogP contribution >= 0.6 is 15.9 Å². The van der Waals surface area contributed by atoms with Crippen molar-refractivity contribution in [3.05, 3.63) is 28.2 Å². The minimum atomic E-state index is -3.45. The van der Waals surface area contributed by atoms with Gasteiger partial charge >= 0.3 is 0 Å². The molecule has 0 radical (unpaired) electrons. The second-order valence-corrected chi connectivity index (χ2v) is 8.06. The van der Waals surface area contributed by atoms with E-state index in [-0.39, 0.29) is 0 Å². The molecule has 2 rings (SSSR count). The SMILES string of the molecule is Cc1cc(S(=O)(=O)NCCOC2CCCCC2)ccc1Br. The molecule has 0 aromatic heterocycles. The number of rotatable bonds is 6. The first-order valence-corrected chi connectivity index (χ1v) is 9.64. The molecular formula is C15H22BrNO3S. The molecule has 1 saturated carbocycles. The second kappa shape index (κ2) is 7.72. The lowest BCUT2D eigenvalue weighted by atomic mass is 9.98. The smallest absolute Gasteiger partial charge is 0.240 e. The van der Waals surface area contributed by atoms with Gasteiger partial charge in [0.05, 0.1) is 17.6 Å². The Morgan fingerprint density at radius 3 is 2.67 bits per heavy atom. The third-order valence-corrected chi connectivity index (χ3v) is 6.09. The van der Waals surface area contributed by atoms with Crippen LogP contribution in [0.5, 0.6) is 0 Å². The molecule has 0 unspecified atom stereocenters. The predicted octanol–water partition coefficient (Wildman–Crippen LogP) is 3.39. The highest BCUT2D eigenvalue weighted by Gasteiger charge is 2.16. The highest BCUT2D eigenvalue weighted by molar-refractivity contribution is 9.10. The Labute approximate surface area is 135 Å². The average molecular weight is 376 g/mol. The van der Waals surface area contributed by atoms with Gasteiger partial charge in [-0.25, -0.2) is 13.1 Å². The van der Waals surface area contributed by atoms with E-state index in [9.17, 15) is 8.42 Å². The van der Waals surface area contributed by atoms with Crippen molar-refractivity contribution >= 4 is 26.0 Å². The molecule has 1 aliphatic carbocycles. The maximum atomic E-state index is 12.2. The highest BCUT2D eigenvalue weighted by atomic mass is 79.9. The topological polar surface area (TPSA) is 55.4 Å². The standard InChI is InChI=1S/C15H22BrNO3S/c1-12-11-14(7-8-15(12)16)21(18,19)17-9-10-20-13-5-3-2-4-6-13/h7-8,11,13,17H,2-6,9-10H2,1H3. The summed E-state index contributed by atoms with van der Waals surface area (Å²) in [6, 6.07) is 5.01. The van der Waals surface area contributed by atoms with E-state index in [0.717, 1.165) is 22.9 Å². The van der Waals surface area contributed by atoms with Crippen LogP contribution in [-0.4, -0.2) is 27.7 Å². The fourth-order valence-corrected chi connectivity index (χ4v) is 3.85. The highest BCUT2D eigenvalue weighted by Crippen LogP contribution is 2.21. The quantitative estimate of drug-likeness (QED) is 0.775. The first kappa shape index (κ1) is 16.9. The predicted molar refractivity (Wildman–Crippen MR) is 86.9 cm³/mol. The van der Waals surface area contributed by atoms with Gasteiger partial charge in [-0.3, -0.25) is 0 Å². The van der Waals surface area contributed by atoms with Gasteiger partial charge in [0.25, 0.3) is 0 Å². The Morgan fingerprint density at radius 2 is 2.00 bits per heavy atom. The van der Waals surface area contributed by atoms with Crippen LogP contribution in [-0.2, 0) is 14.8 Å². The van der Waals surface area contributed by atoms with Gasteiger partial charge in [0.1, 0.15) is 0 Å². The van der Waals surface area contributed by atoms with E-state index >= 15 is 0 Å². The molecule has 21 heavy (non-hydrogen) atoms. The Hall–Kier alpha value is -0.430. The summed E-state index contributed by atoms with van der Waals surface area (Å²) < 4.78 is 33.6. The van der Waals surface area contributed by atoms with Gasteiger partial charge < -0.3 is 4.74 Å². The van der Waals surface area contributed by atoms with Crippen molar-refractivity contribution < 1.29 is 13.2 Å². The molecule has 1 aliphatic rings. The molecule has 1 aromatic carbocycles. The van der Waals surface area contributed by atoms with E-state index in [1.807, 2.05) is 6.92 Å². The van der Waals surface area contributed by atoms with E-state index in [2.05, 4.69) is 20.7 Å². The van der Waals surface area contributed by atoms with Crippen LogP contribution in [0.15, 0.2) is 27.6 Å². The van der Waals surface area contributed by atoms with Crippen molar-refractivity contribution in [2.24, 2.45) is 0 Å². The van der Waals surface area contributed by atoms with Gasteiger partial charge in [-0.2, -0.15) is 0 Å². The number of benzene rings is 1. The third-order valence-electron chi connectivity index (χ3n) is 3.74. The molecule has 0 bridgehead atoms. The number of aryl methyl sites for hydroxylation is 1. The van der Waals surface area contributed by atoms with Gasteiger partial charge in [0.2, 0.25) is 10.0 Å². The van der Waals surface area contributed by atoms with Crippen molar-refractivity contribution in [2.45, 2.75) is 50.0 Å². The van der Waals surface area contributed by atoms with Crippen LogP contribution < -0.4 is 4.72 Å². The number of hydrogen-bond acceptors (Lipinski definition) is 3. The lowest BCUT2D eigenvalue weighted by molar-refractivity contribution is 0.0321. The molecule has 0 saturated heterocycles. The number of nitrogens with one attached hydrogen (secondary N) is 1. The maximum absolute atomic E-state index is 12.2. The van der Waals surface area contributed by atoms with Gasteiger partial charge in [-0.15, -0.1) is 0 Å². The number of ether oxygens (including phenoxy) is 1. The summed E-state index contributed by atoms with van der Waals surface area (Å²) in [5.41, 5.74) is 0.899. The van der Waals surface area contributed by atoms with Crippen molar-refractivity contribution in [1.82, 2.24) is 4.72 Å². The minimum absolute atomic E-state index is 0.292. The van der Waals surface area contributed by atoms with Crippen LogP contribution in [0, 0.1) is 6.92 Å². The molecule has 1 fully saturated rings. The fourth-order valence-electron chi connectivity index (χ4n) is 2.50. The lowest BCUT2D eigenvalue weighted by Gasteiger charge is -2.22. The molecule has 0 aliphatic heterocycles. The number of sulfonamides is 1. The zero-order chi connectivity index (χ0) is 15.3. The number of hydrogen-bond donors (Lipinski definition) is 1. The van der Waals surface area contributed by atoms with Crippen molar-refractivity contribution in [3.63, 3.8) is 0 Å². The average Bonchev–Trinajstić information content (AvgIpc) is 2.47. The van der Waals surface area contributed by atoms with Crippen molar-refractivity contribution in [2.75, 3.05) is 13.2 Å². The van der Waals surface area contributed by atoms with E-state index in [1.165, 1.54) is 19.3 Å². The molecule has 0 atom stereocenters. The maximum Gasteiger partial charge on any atom is 0.240 e. The molecule has 4 nitrogen and oxygen atoms in total. The summed E-state index contributed by atoms with van der Waals surface area (Å²) >= 11 is 3.37. The van der Waals surface area contributed by atoms with Gasteiger partial charge in [0.15, 0.2) is 0 Å². The second-order valence-electron chi connectivity index (χ2n) is 5.44. The Kier molecular flexibility index (Phi) is 6.22. The monoisotopic (exact) mass is 375 g/mol. The van der Waals surface area contributed by atoms with Crippen LogP contribution in [0.1, 0.15) is 37.7 Å². The molecular weight excluding hydrogens is 354 g/mol. The third kappa shape index (κ3) is 5.06. The molecule has 0 amide bonds. The number of halogens is 1. The Morgan fingerprint density at radius 1 is 1.29 bits per heavy atom. The lowest BCUT2D eigenvalue weighted by Crippen LogP contribution is -2.29. The first-order chi connectivity index (χ1) is 9.99. The summed E-state index contributed by atoms with van der Waals surface area (Å²) in [6.07, 6.45) is 6.22. The molecule has 118 valence electrons. The molecule has 6 heteroatoms. The van der Waals surface area contributed by atoms with Crippen LogP contribution in [0.4, 0.5) is 0 Å². The van der Waals surface area contributed by atoms with Crippen LogP contribution in [0.2, 0.25) is 0 Å². The van der Waals surface area contributed by atoms with E-state index < -0.39 is 10.0 Å². The van der Waals surface area contributed by atoms with Crippen molar-refractivity contribution in [3.8, 4) is 0 Å². The first-order valence-electron chi connectivity index (χ1n) is 7.36. The Bertz CT molecular complexity index is 568. The van der Waals surface area contributed by atoms with E-state index in [1.54, 1.807) is 18.2 Å². The zero-order valence-electron chi connectivity index (χ0n) is 12.3. The summed E-state index contributed by atoms with van der Waals surface area (Å²) in [4.78, 5) is 0.292. The summed E-state index contributed by atoms with van der Waals surface area (Å²) in [7, 11) is -3.45. The molecule has 0 spiro atoms. The van der Waals surface area contributed by atoms with Gasteiger partial charge in [-0.1, -0.05) is 35.2 Å². The normalized spacial score (nSPS) is 17.0. The summed E-state index contributed by atoms with van der Waals surface area (Å²) in [5, 5.41) is 0. The minimum Gasteiger partial charge on any atom is -0.377 e. The molecule has 0 heterocycles. The molecule has 1 N–H and O–H groups in total. The van der Waals surface area contributed by atoms with E-state index in [4.69, 9.17) is 4.74 Å². The summed E-state index contributed by atoms with van der Waals surface area (Å²) in [5.74, 6) is 0. The van der Waals surface area contributed by atoms with Crippen LogP contribution in [0.3, 0.4) is 0 Å². The largest absolute Gasteiger partial charge is 0.377 e. The zero-order valence-corrected chi connectivity index (χ0v) is 14.7. The van der Waals surface area contributed by atoms with Gasteiger partial charge in [-0.05, 0) is 43.5 Å². The van der Waals surface area contributed by atoms with Crippen LogP contribution in [0.25, 0.3) is 0 Å². The van der Waals surface area contributed by atoms with Gasteiger partial charge in [0, 0.05) is 11.0 Å².